The van der Waals surface area contributed by atoms with Gasteiger partial charge in [-0.15, -0.1) is 0 Å². The summed E-state index contributed by atoms with van der Waals surface area (Å²) in [4.78, 5) is 38.3. The molecule has 0 aromatic heterocycles. The normalized spacial score (nSPS) is 12.4. The van der Waals surface area contributed by atoms with Crippen LogP contribution in [0, 0.1) is 0 Å². The Morgan fingerprint density at radius 3 is 0.747 bits per heavy atom. The molecular weight excluding hydrogens is 973 g/mol. The summed E-state index contributed by atoms with van der Waals surface area (Å²) in [7, 11) is 0. The number of rotatable bonds is 64. The quantitative estimate of drug-likeness (QED) is 0.0261. The fourth-order valence-corrected chi connectivity index (χ4v) is 10.2. The van der Waals surface area contributed by atoms with E-state index in [0.717, 1.165) is 77.0 Å². The largest absolute Gasteiger partial charge is 0.462 e. The highest BCUT2D eigenvalue weighted by Gasteiger charge is 2.19. The second-order valence-corrected chi connectivity index (χ2v) is 23.4. The van der Waals surface area contributed by atoms with Gasteiger partial charge in [-0.2, -0.15) is 0 Å². The molecule has 1 atom stereocenters. The second-order valence-electron chi connectivity index (χ2n) is 23.4. The Balaban J connectivity index is 4.18. The minimum absolute atomic E-state index is 0.0754. The van der Waals surface area contributed by atoms with Crippen LogP contribution < -0.4 is 0 Å². The predicted octanol–water partition coefficient (Wildman–Crippen LogP) is 23.9. The molecule has 0 saturated carbocycles. The van der Waals surface area contributed by atoms with Gasteiger partial charge in [0, 0.05) is 19.3 Å². The number of hydrogen-bond acceptors (Lipinski definition) is 6. The van der Waals surface area contributed by atoms with Crippen molar-refractivity contribution in [3.05, 3.63) is 60.8 Å². The van der Waals surface area contributed by atoms with Crippen molar-refractivity contribution in [3.8, 4) is 0 Å². The highest BCUT2D eigenvalue weighted by molar-refractivity contribution is 5.71. The molecule has 0 saturated heterocycles. The molecule has 0 amide bonds. The van der Waals surface area contributed by atoms with Gasteiger partial charge in [-0.25, -0.2) is 0 Å². The van der Waals surface area contributed by atoms with Crippen LogP contribution in [0.3, 0.4) is 0 Å². The minimum Gasteiger partial charge on any atom is -0.462 e. The van der Waals surface area contributed by atoms with Gasteiger partial charge in [0.05, 0.1) is 0 Å². The van der Waals surface area contributed by atoms with Crippen LogP contribution in [0.1, 0.15) is 367 Å². The van der Waals surface area contributed by atoms with E-state index in [2.05, 4.69) is 81.5 Å². The van der Waals surface area contributed by atoms with Crippen molar-refractivity contribution in [1.82, 2.24) is 0 Å². The molecule has 0 aliphatic heterocycles. The van der Waals surface area contributed by atoms with Gasteiger partial charge in [0.25, 0.3) is 0 Å². The Labute approximate surface area is 491 Å². The molecule has 0 N–H and O–H groups in total. The zero-order valence-corrected chi connectivity index (χ0v) is 52.9. The third-order valence-corrected chi connectivity index (χ3v) is 15.5. The summed E-state index contributed by atoms with van der Waals surface area (Å²) >= 11 is 0. The summed E-state index contributed by atoms with van der Waals surface area (Å²) in [6.45, 7) is 6.62. The van der Waals surface area contributed by atoms with Crippen molar-refractivity contribution in [1.29, 1.82) is 0 Å². The molecule has 0 fully saturated rings. The van der Waals surface area contributed by atoms with Crippen LogP contribution >= 0.6 is 0 Å². The van der Waals surface area contributed by atoms with Crippen molar-refractivity contribution in [2.75, 3.05) is 13.2 Å². The van der Waals surface area contributed by atoms with Crippen molar-refractivity contribution in [3.63, 3.8) is 0 Å². The van der Waals surface area contributed by atoms with Crippen molar-refractivity contribution in [2.45, 2.75) is 374 Å². The summed E-state index contributed by atoms with van der Waals surface area (Å²) in [5.41, 5.74) is 0. The smallest absolute Gasteiger partial charge is 0.306 e. The second kappa shape index (κ2) is 67.6. The predicted molar refractivity (Wildman–Crippen MR) is 344 cm³/mol. The monoisotopic (exact) mass is 1110 g/mol. The third-order valence-electron chi connectivity index (χ3n) is 15.5. The first-order valence-corrected chi connectivity index (χ1v) is 34.8. The Hall–Kier alpha value is -2.89. The Kier molecular flexibility index (Phi) is 65.1. The van der Waals surface area contributed by atoms with Crippen LogP contribution in [-0.4, -0.2) is 37.2 Å². The number of allylic oxidation sites excluding steroid dienone is 10. The zero-order valence-electron chi connectivity index (χ0n) is 52.9. The Morgan fingerprint density at radius 2 is 0.468 bits per heavy atom. The third kappa shape index (κ3) is 65.8. The van der Waals surface area contributed by atoms with Gasteiger partial charge in [0.15, 0.2) is 6.10 Å². The van der Waals surface area contributed by atoms with E-state index >= 15 is 0 Å². The molecule has 460 valence electrons. The average molecular weight is 1110 g/mol. The number of ether oxygens (including phenoxy) is 3. The Morgan fingerprint density at radius 1 is 0.253 bits per heavy atom. The summed E-state index contributed by atoms with van der Waals surface area (Å²) in [6.07, 6.45) is 86.8. The van der Waals surface area contributed by atoms with Gasteiger partial charge in [-0.05, 0) is 103 Å². The zero-order chi connectivity index (χ0) is 57.1. The minimum atomic E-state index is -0.779. The molecular formula is C73H132O6. The van der Waals surface area contributed by atoms with Crippen LogP contribution in [0.25, 0.3) is 0 Å². The lowest BCUT2D eigenvalue weighted by atomic mass is 10.0. The molecule has 6 heteroatoms. The van der Waals surface area contributed by atoms with E-state index in [1.807, 2.05) is 0 Å². The van der Waals surface area contributed by atoms with Crippen LogP contribution in [0.2, 0.25) is 0 Å². The molecule has 0 bridgehead atoms. The standard InChI is InChI=1S/C73H132O6/c1-4-7-10-13-16-19-22-24-26-28-30-32-33-34-35-36-37-38-39-41-42-44-46-48-51-54-57-60-63-66-72(75)78-69-70(68-77-71(74)65-62-59-56-53-50-21-18-15-12-9-6-3)79-73(76)67-64-61-58-55-52-49-47-45-43-40-31-29-27-25-23-20-17-14-11-8-5-2/h15,18,22-25,28-31,70H,4-14,16-17,19-21,26-27,32-69H2,1-3H3/b18-15-,24-22-,25-23-,30-28-,31-29-. The van der Waals surface area contributed by atoms with Crippen molar-refractivity contribution < 1.29 is 28.6 Å². The molecule has 0 aliphatic rings. The van der Waals surface area contributed by atoms with Crippen LogP contribution in [0.4, 0.5) is 0 Å². The molecule has 6 nitrogen and oxygen atoms in total. The number of carbonyl (C=O) groups excluding carboxylic acids is 3. The lowest BCUT2D eigenvalue weighted by molar-refractivity contribution is -0.167. The van der Waals surface area contributed by atoms with Gasteiger partial charge >= 0.3 is 17.9 Å². The molecule has 0 radical (unpaired) electrons. The molecule has 0 spiro atoms. The SMILES string of the molecule is CCCC/C=C\CCCCCCCC(=O)OCC(COC(=O)CCCCCCCCCCCCCCCCCCC/C=C\C/C=C\CCCCCCC)OC(=O)CCCCCCCCCCC/C=C\C/C=C\CCCCCCC. The first-order valence-electron chi connectivity index (χ1n) is 34.8. The van der Waals surface area contributed by atoms with Gasteiger partial charge in [-0.3, -0.25) is 14.4 Å². The maximum absolute atomic E-state index is 12.9. The molecule has 0 aromatic carbocycles. The van der Waals surface area contributed by atoms with E-state index in [-0.39, 0.29) is 31.1 Å². The van der Waals surface area contributed by atoms with Gasteiger partial charge in [0.2, 0.25) is 0 Å². The van der Waals surface area contributed by atoms with Crippen molar-refractivity contribution >= 4 is 17.9 Å². The summed E-state index contributed by atoms with van der Waals surface area (Å²) in [5, 5.41) is 0. The fraction of sp³-hybridized carbons (Fsp3) is 0.822. The number of carbonyl (C=O) groups is 3. The summed E-state index contributed by atoms with van der Waals surface area (Å²) in [5.74, 6) is -0.870. The van der Waals surface area contributed by atoms with E-state index in [1.165, 1.54) is 250 Å². The average Bonchev–Trinajstić information content (AvgIpc) is 3.45. The molecule has 0 rings (SSSR count). The van der Waals surface area contributed by atoms with Gasteiger partial charge < -0.3 is 14.2 Å². The maximum Gasteiger partial charge on any atom is 0.306 e. The summed E-state index contributed by atoms with van der Waals surface area (Å²) < 4.78 is 16.9. The first-order chi connectivity index (χ1) is 39.0. The van der Waals surface area contributed by atoms with Gasteiger partial charge in [0.1, 0.15) is 13.2 Å². The number of unbranched alkanes of at least 4 members (excludes halogenated alkanes) is 43. The topological polar surface area (TPSA) is 78.9 Å². The van der Waals surface area contributed by atoms with E-state index in [0.29, 0.717) is 19.3 Å². The Bertz CT molecular complexity index is 1410. The molecule has 0 aromatic rings. The van der Waals surface area contributed by atoms with Crippen LogP contribution in [0.5, 0.6) is 0 Å². The van der Waals surface area contributed by atoms with Crippen molar-refractivity contribution in [2.24, 2.45) is 0 Å². The summed E-state index contributed by atoms with van der Waals surface area (Å²) in [6, 6.07) is 0. The molecule has 0 heterocycles. The highest BCUT2D eigenvalue weighted by atomic mass is 16.6. The molecule has 79 heavy (non-hydrogen) atoms. The lowest BCUT2D eigenvalue weighted by Gasteiger charge is -2.18. The van der Waals surface area contributed by atoms with Crippen LogP contribution in [0.15, 0.2) is 60.8 Å². The van der Waals surface area contributed by atoms with E-state index in [9.17, 15) is 14.4 Å². The first kappa shape index (κ1) is 76.1. The fourth-order valence-electron chi connectivity index (χ4n) is 10.2. The molecule has 0 aliphatic carbocycles. The highest BCUT2D eigenvalue weighted by Crippen LogP contribution is 2.17. The van der Waals surface area contributed by atoms with Crippen LogP contribution in [-0.2, 0) is 28.6 Å². The van der Waals surface area contributed by atoms with Gasteiger partial charge in [-0.1, -0.05) is 306 Å². The molecule has 1 unspecified atom stereocenters. The maximum atomic E-state index is 12.9. The lowest BCUT2D eigenvalue weighted by Crippen LogP contribution is -2.30. The van der Waals surface area contributed by atoms with E-state index < -0.39 is 6.10 Å². The number of esters is 3. The number of hydrogen-bond donors (Lipinski definition) is 0. The van der Waals surface area contributed by atoms with E-state index in [1.54, 1.807) is 0 Å². The van der Waals surface area contributed by atoms with E-state index in [4.69, 9.17) is 14.2 Å².